The lowest BCUT2D eigenvalue weighted by atomic mass is 10.2. The van der Waals surface area contributed by atoms with Crippen LogP contribution in [0, 0.1) is 11.3 Å². The largest absolute Gasteiger partial charge is 0.332 e. The summed E-state index contributed by atoms with van der Waals surface area (Å²) in [5.74, 6) is -0.121. The number of pyridine rings is 1. The number of hydrogen-bond donors (Lipinski definition) is 0. The molecule has 4 heteroatoms. The smallest absolute Gasteiger partial charge is 0.246 e. The second-order valence-electron chi connectivity index (χ2n) is 4.73. The van der Waals surface area contributed by atoms with Crippen LogP contribution in [0.2, 0.25) is 0 Å². The molecule has 0 atom stereocenters. The lowest BCUT2D eigenvalue weighted by Crippen LogP contribution is -2.30. The van der Waals surface area contributed by atoms with Gasteiger partial charge in [0.15, 0.2) is 0 Å². The maximum Gasteiger partial charge on any atom is 0.246 e. The van der Waals surface area contributed by atoms with Gasteiger partial charge >= 0.3 is 0 Å². The lowest BCUT2D eigenvalue weighted by Gasteiger charge is -2.19. The van der Waals surface area contributed by atoms with Gasteiger partial charge in [-0.05, 0) is 23.8 Å². The molecular weight excluding hydrogens is 274 g/mol. The van der Waals surface area contributed by atoms with E-state index in [1.807, 2.05) is 48.5 Å². The summed E-state index contributed by atoms with van der Waals surface area (Å²) in [4.78, 5) is 18.2. The minimum absolute atomic E-state index is 0.121. The van der Waals surface area contributed by atoms with E-state index in [-0.39, 0.29) is 5.91 Å². The molecule has 2 aromatic rings. The first-order valence-corrected chi connectivity index (χ1v) is 7.08. The van der Waals surface area contributed by atoms with Crippen molar-refractivity contribution in [2.24, 2.45) is 0 Å². The van der Waals surface area contributed by atoms with Crippen LogP contribution >= 0.6 is 0 Å². The monoisotopic (exact) mass is 291 g/mol. The number of rotatable bonds is 6. The molecule has 0 unspecified atom stereocenters. The van der Waals surface area contributed by atoms with Crippen LogP contribution in [0.15, 0.2) is 60.8 Å². The van der Waals surface area contributed by atoms with Gasteiger partial charge in [-0.2, -0.15) is 5.26 Å². The van der Waals surface area contributed by atoms with E-state index in [1.54, 1.807) is 17.2 Å². The van der Waals surface area contributed by atoms with E-state index >= 15 is 0 Å². The van der Waals surface area contributed by atoms with E-state index in [2.05, 4.69) is 11.1 Å². The SMILES string of the molecule is N#CCCN(Cc1ccccn1)C(=O)/C=C\c1ccccc1. The average Bonchev–Trinajstić information content (AvgIpc) is 2.58. The van der Waals surface area contributed by atoms with Crippen molar-refractivity contribution in [3.05, 3.63) is 72.1 Å². The third kappa shape index (κ3) is 4.88. The molecule has 0 aliphatic heterocycles. The van der Waals surface area contributed by atoms with Crippen molar-refractivity contribution in [2.45, 2.75) is 13.0 Å². The van der Waals surface area contributed by atoms with E-state index < -0.39 is 0 Å². The van der Waals surface area contributed by atoms with Crippen LogP contribution in [0.3, 0.4) is 0 Å². The van der Waals surface area contributed by atoms with Crippen molar-refractivity contribution in [3.8, 4) is 6.07 Å². The Hall–Kier alpha value is -2.93. The summed E-state index contributed by atoms with van der Waals surface area (Å²) >= 11 is 0. The van der Waals surface area contributed by atoms with Crippen molar-refractivity contribution in [1.82, 2.24) is 9.88 Å². The molecule has 0 aliphatic rings. The highest BCUT2D eigenvalue weighted by atomic mass is 16.2. The Morgan fingerprint density at radius 3 is 2.64 bits per heavy atom. The standard InChI is InChI=1S/C18H17N3O/c19-12-6-14-21(15-17-9-4-5-13-20-17)18(22)11-10-16-7-2-1-3-8-16/h1-5,7-11,13H,6,14-15H2/b11-10-. The molecule has 0 spiro atoms. The second-order valence-corrected chi connectivity index (χ2v) is 4.73. The Bertz CT molecular complexity index is 660. The predicted octanol–water partition coefficient (Wildman–Crippen LogP) is 3.04. The summed E-state index contributed by atoms with van der Waals surface area (Å²) in [5, 5.41) is 8.75. The summed E-state index contributed by atoms with van der Waals surface area (Å²) < 4.78 is 0. The molecule has 0 saturated heterocycles. The molecular formula is C18H17N3O. The van der Waals surface area contributed by atoms with Crippen molar-refractivity contribution >= 4 is 12.0 Å². The highest BCUT2D eigenvalue weighted by molar-refractivity contribution is 5.91. The van der Waals surface area contributed by atoms with Crippen LogP contribution in [0.1, 0.15) is 17.7 Å². The first kappa shape index (κ1) is 15.5. The van der Waals surface area contributed by atoms with E-state index in [9.17, 15) is 4.79 Å². The molecule has 1 aromatic carbocycles. The number of amides is 1. The summed E-state index contributed by atoms with van der Waals surface area (Å²) in [7, 11) is 0. The third-order valence-corrected chi connectivity index (χ3v) is 3.10. The topological polar surface area (TPSA) is 57.0 Å². The van der Waals surface area contributed by atoms with Crippen LogP contribution < -0.4 is 0 Å². The van der Waals surface area contributed by atoms with Crippen LogP contribution in [-0.2, 0) is 11.3 Å². The molecule has 1 amide bonds. The second kappa shape index (κ2) is 8.38. The molecule has 0 N–H and O–H groups in total. The fourth-order valence-electron chi connectivity index (χ4n) is 1.98. The van der Waals surface area contributed by atoms with Crippen molar-refractivity contribution in [2.75, 3.05) is 6.54 Å². The number of aromatic nitrogens is 1. The third-order valence-electron chi connectivity index (χ3n) is 3.10. The average molecular weight is 291 g/mol. The lowest BCUT2D eigenvalue weighted by molar-refractivity contribution is -0.126. The van der Waals surface area contributed by atoms with Crippen molar-refractivity contribution in [1.29, 1.82) is 5.26 Å². The minimum atomic E-state index is -0.121. The Morgan fingerprint density at radius 1 is 1.18 bits per heavy atom. The summed E-state index contributed by atoms with van der Waals surface area (Å²) in [6.07, 6.45) is 5.32. The van der Waals surface area contributed by atoms with Crippen LogP contribution in [0.25, 0.3) is 6.08 Å². The predicted molar refractivity (Wildman–Crippen MR) is 85.4 cm³/mol. The molecule has 1 heterocycles. The quantitative estimate of drug-likeness (QED) is 0.769. The zero-order chi connectivity index (χ0) is 15.6. The fraction of sp³-hybridized carbons (Fsp3) is 0.167. The number of carbonyl (C=O) groups is 1. The van der Waals surface area contributed by atoms with Crippen LogP contribution in [-0.4, -0.2) is 22.3 Å². The summed E-state index contributed by atoms with van der Waals surface area (Å²) in [6.45, 7) is 0.797. The number of hydrogen-bond acceptors (Lipinski definition) is 3. The number of benzene rings is 1. The van der Waals surface area contributed by atoms with Crippen molar-refractivity contribution < 1.29 is 4.79 Å². The molecule has 1 aromatic heterocycles. The van der Waals surface area contributed by atoms with Gasteiger partial charge in [0, 0.05) is 18.8 Å². The van der Waals surface area contributed by atoms with Gasteiger partial charge in [0.25, 0.3) is 0 Å². The van der Waals surface area contributed by atoms with E-state index in [0.717, 1.165) is 11.3 Å². The molecule has 0 aliphatic carbocycles. The molecule has 22 heavy (non-hydrogen) atoms. The van der Waals surface area contributed by atoms with E-state index in [4.69, 9.17) is 5.26 Å². The number of nitriles is 1. The summed E-state index contributed by atoms with van der Waals surface area (Å²) in [5.41, 5.74) is 1.77. The fourth-order valence-corrected chi connectivity index (χ4v) is 1.98. The Labute approximate surface area is 130 Å². The van der Waals surface area contributed by atoms with Gasteiger partial charge < -0.3 is 4.90 Å². The zero-order valence-electron chi connectivity index (χ0n) is 12.2. The van der Waals surface area contributed by atoms with Gasteiger partial charge in [0.2, 0.25) is 5.91 Å². The molecule has 0 bridgehead atoms. The van der Waals surface area contributed by atoms with E-state index in [1.165, 1.54) is 6.08 Å². The molecule has 0 fully saturated rings. The first-order valence-electron chi connectivity index (χ1n) is 7.08. The molecule has 0 saturated carbocycles. The maximum absolute atomic E-state index is 12.3. The molecule has 0 radical (unpaired) electrons. The van der Waals surface area contributed by atoms with Crippen molar-refractivity contribution in [3.63, 3.8) is 0 Å². The van der Waals surface area contributed by atoms with Gasteiger partial charge in [-0.3, -0.25) is 9.78 Å². The Morgan fingerprint density at radius 2 is 1.95 bits per heavy atom. The normalized spacial score (nSPS) is 10.3. The highest BCUT2D eigenvalue weighted by Crippen LogP contribution is 2.06. The number of carbonyl (C=O) groups excluding carboxylic acids is 1. The number of nitrogens with zero attached hydrogens (tertiary/aromatic N) is 3. The molecule has 2 rings (SSSR count). The molecule has 4 nitrogen and oxygen atoms in total. The molecule has 110 valence electrons. The Balaban J connectivity index is 2.06. The minimum Gasteiger partial charge on any atom is -0.332 e. The highest BCUT2D eigenvalue weighted by Gasteiger charge is 2.11. The zero-order valence-corrected chi connectivity index (χ0v) is 12.2. The van der Waals surface area contributed by atoms with Gasteiger partial charge in [-0.15, -0.1) is 0 Å². The van der Waals surface area contributed by atoms with Gasteiger partial charge in [-0.25, -0.2) is 0 Å². The van der Waals surface area contributed by atoms with Gasteiger partial charge in [-0.1, -0.05) is 36.4 Å². The van der Waals surface area contributed by atoms with Crippen LogP contribution in [0.4, 0.5) is 0 Å². The maximum atomic E-state index is 12.3. The van der Waals surface area contributed by atoms with Gasteiger partial charge in [0.1, 0.15) is 0 Å². The van der Waals surface area contributed by atoms with Crippen LogP contribution in [0.5, 0.6) is 0 Å². The van der Waals surface area contributed by atoms with Gasteiger partial charge in [0.05, 0.1) is 24.7 Å². The first-order chi connectivity index (χ1) is 10.8. The van der Waals surface area contributed by atoms with E-state index in [0.29, 0.717) is 19.5 Å². The Kier molecular flexibility index (Phi) is 5.89. The summed E-state index contributed by atoms with van der Waals surface area (Å²) in [6, 6.07) is 17.3.